The number of piperidine rings is 1. The van der Waals surface area contributed by atoms with E-state index in [0.29, 0.717) is 12.2 Å². The van der Waals surface area contributed by atoms with Gasteiger partial charge in [0.25, 0.3) is 0 Å². The number of fused-ring (bicyclic) bond motifs is 1. The molecule has 0 atom stereocenters. The molecule has 5 rings (SSSR count). The molecule has 1 aliphatic carbocycles. The van der Waals surface area contributed by atoms with Crippen LogP contribution in [0.25, 0.3) is 0 Å². The van der Waals surface area contributed by atoms with Crippen molar-refractivity contribution >= 4 is 23.4 Å². The predicted molar refractivity (Wildman–Crippen MR) is 137 cm³/mol. The Morgan fingerprint density at radius 1 is 0.912 bits per heavy atom. The number of aromatic nitrogens is 3. The Morgan fingerprint density at radius 3 is 2.59 bits per heavy atom. The zero-order valence-corrected chi connectivity index (χ0v) is 20.5. The minimum absolute atomic E-state index is 0.0492. The number of likely N-dealkylation sites (tertiary alicyclic amines) is 1. The van der Waals surface area contributed by atoms with Gasteiger partial charge in [-0.25, -0.2) is 0 Å². The van der Waals surface area contributed by atoms with Gasteiger partial charge < -0.3 is 9.88 Å². The van der Waals surface area contributed by atoms with Gasteiger partial charge in [-0.05, 0) is 74.0 Å². The summed E-state index contributed by atoms with van der Waals surface area (Å²) in [5.74, 6) is 1.73. The molecule has 0 spiro atoms. The minimum Gasteiger partial charge on any atom is -0.326 e. The number of nitrogens with one attached hydrogen (secondary N) is 1. The molecule has 0 radical (unpaired) electrons. The molecule has 6 nitrogen and oxygen atoms in total. The molecule has 2 aromatic carbocycles. The maximum absolute atomic E-state index is 12.6. The van der Waals surface area contributed by atoms with Crippen molar-refractivity contribution in [2.45, 2.75) is 63.2 Å². The molecule has 0 bridgehead atoms. The first-order valence-corrected chi connectivity index (χ1v) is 13.5. The number of carbonyl (C=O) groups is 1. The van der Waals surface area contributed by atoms with Crippen LogP contribution >= 0.6 is 11.8 Å². The van der Waals surface area contributed by atoms with E-state index >= 15 is 0 Å². The number of rotatable bonds is 9. The topological polar surface area (TPSA) is 63.1 Å². The van der Waals surface area contributed by atoms with Crippen LogP contribution in [0.5, 0.6) is 0 Å². The number of hydrogen-bond acceptors (Lipinski definition) is 5. The van der Waals surface area contributed by atoms with Crippen molar-refractivity contribution < 1.29 is 4.79 Å². The van der Waals surface area contributed by atoms with Gasteiger partial charge in [0.2, 0.25) is 5.91 Å². The second kappa shape index (κ2) is 11.2. The van der Waals surface area contributed by atoms with Gasteiger partial charge in [0, 0.05) is 17.9 Å². The fourth-order valence-electron chi connectivity index (χ4n) is 4.89. The van der Waals surface area contributed by atoms with Crippen LogP contribution in [-0.2, 0) is 30.7 Å². The Balaban J connectivity index is 1.21. The number of nitrogens with zero attached hydrogens (tertiary/aromatic N) is 4. The first kappa shape index (κ1) is 23.1. The molecule has 178 valence electrons. The van der Waals surface area contributed by atoms with Crippen molar-refractivity contribution in [2.24, 2.45) is 0 Å². The summed E-state index contributed by atoms with van der Waals surface area (Å²) < 4.78 is 2.23. The normalized spacial score (nSPS) is 15.9. The quantitative estimate of drug-likeness (QED) is 0.445. The van der Waals surface area contributed by atoms with E-state index in [0.717, 1.165) is 55.7 Å². The molecular weight excluding hydrogens is 442 g/mol. The lowest BCUT2D eigenvalue weighted by molar-refractivity contribution is -0.115. The number of anilines is 1. The Labute approximate surface area is 206 Å². The van der Waals surface area contributed by atoms with Gasteiger partial charge in [-0.3, -0.25) is 9.69 Å². The molecule has 0 unspecified atom stereocenters. The van der Waals surface area contributed by atoms with Crippen molar-refractivity contribution in [1.82, 2.24) is 19.7 Å². The lowest BCUT2D eigenvalue weighted by Crippen LogP contribution is -2.30. The van der Waals surface area contributed by atoms with E-state index in [1.165, 1.54) is 42.4 Å². The summed E-state index contributed by atoms with van der Waals surface area (Å²) >= 11 is 1.62. The van der Waals surface area contributed by atoms with Crippen molar-refractivity contribution in [3.8, 4) is 0 Å². The minimum atomic E-state index is 0.0492. The molecule has 0 saturated carbocycles. The number of aryl methyl sites for hydroxylation is 2. The highest BCUT2D eigenvalue weighted by atomic mass is 32.2. The third-order valence-electron chi connectivity index (χ3n) is 6.73. The summed E-state index contributed by atoms with van der Waals surface area (Å²) in [5, 5.41) is 13.0. The first-order valence-electron chi connectivity index (χ1n) is 12.5. The Morgan fingerprint density at radius 2 is 1.74 bits per heavy atom. The van der Waals surface area contributed by atoms with E-state index in [2.05, 4.69) is 61.4 Å². The molecule has 1 amide bonds. The van der Waals surface area contributed by atoms with Gasteiger partial charge in [0.05, 0.1) is 13.1 Å². The highest BCUT2D eigenvalue weighted by molar-refractivity contribution is 7.99. The summed E-state index contributed by atoms with van der Waals surface area (Å²) in [4.78, 5) is 15.1. The Hall–Kier alpha value is -2.64. The van der Waals surface area contributed by atoms with Crippen LogP contribution in [0.3, 0.4) is 0 Å². The van der Waals surface area contributed by atoms with Crippen LogP contribution in [0, 0.1) is 0 Å². The van der Waals surface area contributed by atoms with Gasteiger partial charge in [0.1, 0.15) is 5.82 Å². The van der Waals surface area contributed by atoms with Crippen LogP contribution in [0.1, 0.15) is 54.6 Å². The monoisotopic (exact) mass is 475 g/mol. The molecule has 3 aromatic rings. The van der Waals surface area contributed by atoms with Crippen LogP contribution in [0.4, 0.5) is 5.69 Å². The van der Waals surface area contributed by atoms with Crippen LogP contribution in [-0.4, -0.2) is 44.4 Å². The summed E-state index contributed by atoms with van der Waals surface area (Å²) in [5.41, 5.74) is 4.94. The average molecular weight is 476 g/mol. The lowest BCUT2D eigenvalue weighted by atomic mass is 10.1. The van der Waals surface area contributed by atoms with Gasteiger partial charge in [0.15, 0.2) is 5.16 Å². The SMILES string of the molecule is O=C(CCSc1nnc(CN2CCCCC2)n1Cc1ccccc1)Nc1ccc2c(c1)CCC2. The molecule has 34 heavy (non-hydrogen) atoms. The fraction of sp³-hybridized carbons (Fsp3) is 0.444. The van der Waals surface area contributed by atoms with E-state index in [-0.39, 0.29) is 5.91 Å². The number of amides is 1. The molecule has 2 heterocycles. The zero-order valence-electron chi connectivity index (χ0n) is 19.7. The Bertz CT molecular complexity index is 1110. The highest BCUT2D eigenvalue weighted by Gasteiger charge is 2.18. The standard InChI is InChI=1S/C27H33N5OS/c33-26(28-24-13-12-22-10-7-11-23(22)18-24)14-17-34-27-30-29-25(20-31-15-5-2-6-16-31)32(27)19-21-8-3-1-4-9-21/h1,3-4,8-9,12-13,18H,2,5-7,10-11,14-17,19-20H2,(H,28,33). The van der Waals surface area contributed by atoms with E-state index in [4.69, 9.17) is 0 Å². The smallest absolute Gasteiger partial charge is 0.225 e. The van der Waals surface area contributed by atoms with Crippen LogP contribution in [0.2, 0.25) is 0 Å². The van der Waals surface area contributed by atoms with E-state index in [1.54, 1.807) is 11.8 Å². The molecule has 1 saturated heterocycles. The second-order valence-corrected chi connectivity index (χ2v) is 10.4. The van der Waals surface area contributed by atoms with Gasteiger partial charge in [-0.2, -0.15) is 0 Å². The Kier molecular flexibility index (Phi) is 7.61. The summed E-state index contributed by atoms with van der Waals surface area (Å²) in [6, 6.07) is 16.8. The van der Waals surface area contributed by atoms with E-state index in [9.17, 15) is 4.79 Å². The molecule has 7 heteroatoms. The summed E-state index contributed by atoms with van der Waals surface area (Å²) in [6.07, 6.45) is 7.77. The predicted octanol–water partition coefficient (Wildman–Crippen LogP) is 4.92. The van der Waals surface area contributed by atoms with Gasteiger partial charge >= 0.3 is 0 Å². The fourth-order valence-corrected chi connectivity index (χ4v) is 5.79. The van der Waals surface area contributed by atoms with Crippen LogP contribution in [0.15, 0.2) is 53.7 Å². The zero-order chi connectivity index (χ0) is 23.2. The molecular formula is C27H33N5OS. The van der Waals surface area contributed by atoms with Crippen molar-refractivity contribution in [2.75, 3.05) is 24.2 Å². The van der Waals surface area contributed by atoms with Crippen molar-refractivity contribution in [3.63, 3.8) is 0 Å². The number of carbonyl (C=O) groups excluding carboxylic acids is 1. The second-order valence-electron chi connectivity index (χ2n) is 9.29. The van der Waals surface area contributed by atoms with E-state index in [1.807, 2.05) is 12.1 Å². The lowest BCUT2D eigenvalue weighted by Gasteiger charge is -2.26. The number of thioether (sulfide) groups is 1. The summed E-state index contributed by atoms with van der Waals surface area (Å²) in [7, 11) is 0. The first-order chi connectivity index (χ1) is 16.7. The maximum Gasteiger partial charge on any atom is 0.225 e. The molecule has 1 aliphatic heterocycles. The van der Waals surface area contributed by atoms with Gasteiger partial charge in [-0.1, -0.05) is 54.6 Å². The maximum atomic E-state index is 12.6. The largest absolute Gasteiger partial charge is 0.326 e. The van der Waals surface area contributed by atoms with E-state index < -0.39 is 0 Å². The summed E-state index contributed by atoms with van der Waals surface area (Å²) in [6.45, 7) is 3.84. The molecule has 1 fully saturated rings. The van der Waals surface area contributed by atoms with Crippen molar-refractivity contribution in [3.05, 3.63) is 71.0 Å². The number of benzene rings is 2. The van der Waals surface area contributed by atoms with Crippen molar-refractivity contribution in [1.29, 1.82) is 0 Å². The van der Waals surface area contributed by atoms with Gasteiger partial charge in [-0.15, -0.1) is 10.2 Å². The third kappa shape index (κ3) is 5.88. The highest BCUT2D eigenvalue weighted by Crippen LogP contribution is 2.25. The molecule has 1 N–H and O–H groups in total. The number of hydrogen-bond donors (Lipinski definition) is 1. The molecule has 2 aliphatic rings. The molecule has 1 aromatic heterocycles. The third-order valence-corrected chi connectivity index (χ3v) is 7.70. The van der Waals surface area contributed by atoms with Crippen LogP contribution < -0.4 is 5.32 Å². The average Bonchev–Trinajstić information content (AvgIpc) is 3.47.